The first-order valence-corrected chi connectivity index (χ1v) is 6.02. The van der Waals surface area contributed by atoms with Crippen LogP contribution in [0.25, 0.3) is 0 Å². The van der Waals surface area contributed by atoms with E-state index in [0.717, 1.165) is 19.5 Å². The lowest BCUT2D eigenvalue weighted by molar-refractivity contribution is 0.661. The molecule has 0 saturated carbocycles. The van der Waals surface area contributed by atoms with Crippen molar-refractivity contribution in [1.82, 2.24) is 9.55 Å². The SMILES string of the molecule is Cc1ccc(NCCCn2ccnc2)cc1C. The third-order valence-electron chi connectivity index (χ3n) is 2.99. The van der Waals surface area contributed by atoms with Gasteiger partial charge in [0.25, 0.3) is 0 Å². The molecule has 2 rings (SSSR count). The van der Waals surface area contributed by atoms with Gasteiger partial charge in [-0.05, 0) is 43.5 Å². The van der Waals surface area contributed by atoms with E-state index in [1.165, 1.54) is 16.8 Å². The third-order valence-corrected chi connectivity index (χ3v) is 2.99. The van der Waals surface area contributed by atoms with Gasteiger partial charge in [-0.2, -0.15) is 0 Å². The highest BCUT2D eigenvalue weighted by Crippen LogP contribution is 2.13. The Balaban J connectivity index is 1.76. The van der Waals surface area contributed by atoms with Crippen LogP contribution in [0.3, 0.4) is 0 Å². The van der Waals surface area contributed by atoms with E-state index in [-0.39, 0.29) is 0 Å². The van der Waals surface area contributed by atoms with Gasteiger partial charge < -0.3 is 9.88 Å². The average Bonchev–Trinajstić information content (AvgIpc) is 2.82. The van der Waals surface area contributed by atoms with Crippen molar-refractivity contribution >= 4 is 5.69 Å². The molecule has 0 aliphatic carbocycles. The van der Waals surface area contributed by atoms with Crippen LogP contribution in [0, 0.1) is 13.8 Å². The summed E-state index contributed by atoms with van der Waals surface area (Å²) < 4.78 is 2.10. The zero-order valence-electron chi connectivity index (χ0n) is 10.5. The molecule has 1 aromatic heterocycles. The summed E-state index contributed by atoms with van der Waals surface area (Å²) in [7, 11) is 0. The maximum absolute atomic E-state index is 4.02. The van der Waals surface area contributed by atoms with E-state index in [4.69, 9.17) is 0 Å². The maximum atomic E-state index is 4.02. The van der Waals surface area contributed by atoms with Crippen molar-refractivity contribution in [3.05, 3.63) is 48.0 Å². The van der Waals surface area contributed by atoms with Crippen LogP contribution in [0.5, 0.6) is 0 Å². The molecule has 3 heteroatoms. The molecule has 17 heavy (non-hydrogen) atoms. The lowest BCUT2D eigenvalue weighted by Crippen LogP contribution is -2.05. The zero-order valence-corrected chi connectivity index (χ0v) is 10.5. The Bertz CT molecular complexity index is 460. The Kier molecular flexibility index (Phi) is 3.81. The van der Waals surface area contributed by atoms with Crippen LogP contribution in [-0.4, -0.2) is 16.1 Å². The van der Waals surface area contributed by atoms with Crippen LogP contribution in [0.15, 0.2) is 36.9 Å². The van der Waals surface area contributed by atoms with E-state index in [9.17, 15) is 0 Å². The van der Waals surface area contributed by atoms with Crippen molar-refractivity contribution in [3.63, 3.8) is 0 Å². The fourth-order valence-corrected chi connectivity index (χ4v) is 1.76. The minimum Gasteiger partial charge on any atom is -0.385 e. The second-order valence-electron chi connectivity index (χ2n) is 4.38. The molecule has 1 heterocycles. The molecule has 0 radical (unpaired) electrons. The molecular weight excluding hydrogens is 210 g/mol. The van der Waals surface area contributed by atoms with Gasteiger partial charge in [-0.25, -0.2) is 4.98 Å². The minimum atomic E-state index is 0.987. The second-order valence-corrected chi connectivity index (χ2v) is 4.38. The third kappa shape index (κ3) is 3.34. The van der Waals surface area contributed by atoms with Crippen LogP contribution >= 0.6 is 0 Å². The lowest BCUT2D eigenvalue weighted by atomic mass is 10.1. The summed E-state index contributed by atoms with van der Waals surface area (Å²) in [4.78, 5) is 4.02. The quantitative estimate of drug-likeness (QED) is 0.799. The van der Waals surface area contributed by atoms with Gasteiger partial charge in [-0.1, -0.05) is 6.07 Å². The summed E-state index contributed by atoms with van der Waals surface area (Å²) in [6.45, 7) is 6.28. The topological polar surface area (TPSA) is 29.9 Å². The van der Waals surface area contributed by atoms with E-state index >= 15 is 0 Å². The van der Waals surface area contributed by atoms with Gasteiger partial charge in [0.1, 0.15) is 0 Å². The first kappa shape index (κ1) is 11.7. The standard InChI is InChI=1S/C14H19N3/c1-12-4-5-14(10-13(12)2)16-6-3-8-17-9-7-15-11-17/h4-5,7,9-11,16H,3,6,8H2,1-2H3. The normalized spacial score (nSPS) is 10.5. The first-order valence-electron chi connectivity index (χ1n) is 6.02. The van der Waals surface area contributed by atoms with Crippen LogP contribution < -0.4 is 5.32 Å². The van der Waals surface area contributed by atoms with Crippen molar-refractivity contribution in [1.29, 1.82) is 0 Å². The molecule has 0 aliphatic heterocycles. The number of hydrogen-bond acceptors (Lipinski definition) is 2. The monoisotopic (exact) mass is 229 g/mol. The van der Waals surface area contributed by atoms with E-state index in [1.807, 2.05) is 18.7 Å². The predicted octanol–water partition coefficient (Wildman–Crippen LogP) is 3.00. The van der Waals surface area contributed by atoms with Gasteiger partial charge in [-0.15, -0.1) is 0 Å². The largest absolute Gasteiger partial charge is 0.385 e. The van der Waals surface area contributed by atoms with Crippen molar-refractivity contribution < 1.29 is 0 Å². The first-order chi connectivity index (χ1) is 8.25. The molecule has 1 N–H and O–H groups in total. The maximum Gasteiger partial charge on any atom is 0.0945 e. The summed E-state index contributed by atoms with van der Waals surface area (Å²) in [5, 5.41) is 3.44. The van der Waals surface area contributed by atoms with Crippen LogP contribution in [0.2, 0.25) is 0 Å². The zero-order chi connectivity index (χ0) is 12.1. The Morgan fingerprint density at radius 1 is 1.24 bits per heavy atom. The Morgan fingerprint density at radius 3 is 2.82 bits per heavy atom. The van der Waals surface area contributed by atoms with Gasteiger partial charge in [0, 0.05) is 31.2 Å². The molecule has 0 unspecified atom stereocenters. The summed E-state index contributed by atoms with van der Waals surface area (Å²) >= 11 is 0. The average molecular weight is 229 g/mol. The predicted molar refractivity (Wildman–Crippen MR) is 71.2 cm³/mol. The van der Waals surface area contributed by atoms with Crippen LogP contribution in [-0.2, 0) is 6.54 Å². The fraction of sp³-hybridized carbons (Fsp3) is 0.357. The second kappa shape index (κ2) is 5.53. The van der Waals surface area contributed by atoms with Crippen molar-refractivity contribution in [2.24, 2.45) is 0 Å². The number of anilines is 1. The minimum absolute atomic E-state index is 0.987. The summed E-state index contributed by atoms with van der Waals surface area (Å²) in [5.41, 5.74) is 3.89. The lowest BCUT2D eigenvalue weighted by Gasteiger charge is -2.08. The number of nitrogens with one attached hydrogen (secondary N) is 1. The number of nitrogens with zero attached hydrogens (tertiary/aromatic N) is 2. The molecule has 90 valence electrons. The van der Waals surface area contributed by atoms with Crippen LogP contribution in [0.4, 0.5) is 5.69 Å². The molecule has 2 aromatic rings. The smallest absolute Gasteiger partial charge is 0.0945 e. The fourth-order valence-electron chi connectivity index (χ4n) is 1.76. The molecule has 0 fully saturated rings. The van der Waals surface area contributed by atoms with Crippen molar-refractivity contribution in [3.8, 4) is 0 Å². The van der Waals surface area contributed by atoms with Crippen molar-refractivity contribution in [2.45, 2.75) is 26.8 Å². The molecule has 1 aromatic carbocycles. The summed E-state index contributed by atoms with van der Waals surface area (Å²) in [5.74, 6) is 0. The molecule has 0 amide bonds. The number of aromatic nitrogens is 2. The molecular formula is C14H19N3. The summed E-state index contributed by atoms with van der Waals surface area (Å²) in [6, 6.07) is 6.50. The van der Waals surface area contributed by atoms with E-state index < -0.39 is 0 Å². The highest BCUT2D eigenvalue weighted by Gasteiger charge is 1.96. The molecule has 0 aliphatic rings. The van der Waals surface area contributed by atoms with Gasteiger partial charge in [0.15, 0.2) is 0 Å². The van der Waals surface area contributed by atoms with Gasteiger partial charge >= 0.3 is 0 Å². The number of aryl methyl sites for hydroxylation is 3. The van der Waals surface area contributed by atoms with Gasteiger partial charge in [-0.3, -0.25) is 0 Å². The number of imidazole rings is 1. The number of benzene rings is 1. The van der Waals surface area contributed by atoms with E-state index in [0.29, 0.717) is 0 Å². The Hall–Kier alpha value is -1.77. The Morgan fingerprint density at radius 2 is 2.12 bits per heavy atom. The molecule has 0 atom stereocenters. The highest BCUT2D eigenvalue weighted by molar-refractivity contribution is 5.47. The molecule has 0 bridgehead atoms. The van der Waals surface area contributed by atoms with Crippen molar-refractivity contribution in [2.75, 3.05) is 11.9 Å². The van der Waals surface area contributed by atoms with E-state index in [2.05, 4.69) is 46.9 Å². The number of rotatable bonds is 5. The van der Waals surface area contributed by atoms with Gasteiger partial charge in [0.05, 0.1) is 6.33 Å². The Labute approximate surface area is 103 Å². The molecule has 0 saturated heterocycles. The number of hydrogen-bond donors (Lipinski definition) is 1. The van der Waals surface area contributed by atoms with Gasteiger partial charge in [0.2, 0.25) is 0 Å². The van der Waals surface area contributed by atoms with E-state index in [1.54, 1.807) is 0 Å². The highest BCUT2D eigenvalue weighted by atomic mass is 15.0. The van der Waals surface area contributed by atoms with Crippen LogP contribution in [0.1, 0.15) is 17.5 Å². The molecule has 0 spiro atoms. The summed E-state index contributed by atoms with van der Waals surface area (Å²) in [6.07, 6.45) is 6.77. The molecule has 3 nitrogen and oxygen atoms in total.